The maximum atomic E-state index is 5.56. The first-order valence-electron chi connectivity index (χ1n) is 8.24. The molecule has 1 fully saturated rings. The van der Waals surface area contributed by atoms with E-state index in [0.29, 0.717) is 6.04 Å². The smallest absolute Gasteiger partial charge is 0.123 e. The van der Waals surface area contributed by atoms with E-state index < -0.39 is 0 Å². The molecule has 1 aromatic rings. The Bertz CT molecular complexity index is 447. The van der Waals surface area contributed by atoms with E-state index >= 15 is 0 Å². The van der Waals surface area contributed by atoms with Gasteiger partial charge in [0.05, 0.1) is 7.11 Å². The summed E-state index contributed by atoms with van der Waals surface area (Å²) in [7, 11) is 3.77. The van der Waals surface area contributed by atoms with Crippen molar-refractivity contribution >= 4 is 0 Å². The highest BCUT2D eigenvalue weighted by Crippen LogP contribution is 2.27. The summed E-state index contributed by atoms with van der Waals surface area (Å²) in [6.45, 7) is 7.95. The molecule has 1 heterocycles. The van der Waals surface area contributed by atoms with Gasteiger partial charge in [-0.2, -0.15) is 0 Å². The summed E-state index contributed by atoms with van der Waals surface area (Å²) in [5.41, 5.74) is 2.64. The molecule has 3 heteroatoms. The van der Waals surface area contributed by atoms with Gasteiger partial charge in [-0.25, -0.2) is 0 Å². The topological polar surface area (TPSA) is 24.5 Å². The molecule has 2 rings (SSSR count). The third kappa shape index (κ3) is 4.21. The molecule has 1 saturated heterocycles. The van der Waals surface area contributed by atoms with Gasteiger partial charge in [0, 0.05) is 24.7 Å². The lowest BCUT2D eigenvalue weighted by molar-refractivity contribution is 0.163. The maximum absolute atomic E-state index is 5.56. The van der Waals surface area contributed by atoms with Gasteiger partial charge in [0.15, 0.2) is 0 Å². The second-order valence-corrected chi connectivity index (χ2v) is 6.23. The van der Waals surface area contributed by atoms with Crippen molar-refractivity contribution in [3.05, 3.63) is 29.3 Å². The zero-order chi connectivity index (χ0) is 15.2. The first kappa shape index (κ1) is 16.3. The minimum atomic E-state index is 0.374. The Hall–Kier alpha value is -1.06. The van der Waals surface area contributed by atoms with Crippen LogP contribution in [-0.2, 0) is 6.54 Å². The van der Waals surface area contributed by atoms with E-state index in [2.05, 4.69) is 42.3 Å². The van der Waals surface area contributed by atoms with Crippen LogP contribution >= 0.6 is 0 Å². The highest BCUT2D eigenvalue weighted by molar-refractivity contribution is 5.38. The number of methoxy groups -OCH3 is 1. The number of hydrogen-bond donors (Lipinski definition) is 1. The van der Waals surface area contributed by atoms with Crippen molar-refractivity contribution in [2.24, 2.45) is 5.92 Å². The maximum Gasteiger partial charge on any atom is 0.123 e. The quantitative estimate of drug-likeness (QED) is 0.866. The standard InChI is InChI=1S/C18H30N2O/c1-5-15-7-6-10-20(12-15)13-17-11-16(14(2)19-3)8-9-18(17)21-4/h8-9,11,14-15,19H,5-7,10,12-13H2,1-4H3. The van der Waals surface area contributed by atoms with E-state index in [1.165, 1.54) is 43.5 Å². The predicted molar refractivity (Wildman–Crippen MR) is 88.8 cm³/mol. The van der Waals surface area contributed by atoms with Crippen molar-refractivity contribution in [1.82, 2.24) is 10.2 Å². The minimum absolute atomic E-state index is 0.374. The molecule has 0 bridgehead atoms. The second kappa shape index (κ2) is 7.81. The molecular formula is C18H30N2O. The number of ether oxygens (including phenoxy) is 1. The van der Waals surface area contributed by atoms with Gasteiger partial charge < -0.3 is 10.1 Å². The Balaban J connectivity index is 2.13. The molecule has 1 aliphatic heterocycles. The van der Waals surface area contributed by atoms with Gasteiger partial charge in [-0.1, -0.05) is 19.4 Å². The third-order valence-electron chi connectivity index (χ3n) is 4.81. The summed E-state index contributed by atoms with van der Waals surface area (Å²) >= 11 is 0. The monoisotopic (exact) mass is 290 g/mol. The van der Waals surface area contributed by atoms with Crippen LogP contribution in [0.15, 0.2) is 18.2 Å². The van der Waals surface area contributed by atoms with Crippen LogP contribution in [0.2, 0.25) is 0 Å². The first-order valence-corrected chi connectivity index (χ1v) is 8.24. The number of piperidine rings is 1. The molecule has 3 nitrogen and oxygen atoms in total. The summed E-state index contributed by atoms with van der Waals surface area (Å²) in [5.74, 6) is 1.88. The van der Waals surface area contributed by atoms with E-state index in [1.54, 1.807) is 7.11 Å². The van der Waals surface area contributed by atoms with Crippen LogP contribution in [0.25, 0.3) is 0 Å². The van der Waals surface area contributed by atoms with Crippen LogP contribution < -0.4 is 10.1 Å². The molecule has 0 radical (unpaired) electrons. The van der Waals surface area contributed by atoms with Gasteiger partial charge in [-0.15, -0.1) is 0 Å². The highest BCUT2D eigenvalue weighted by atomic mass is 16.5. The highest BCUT2D eigenvalue weighted by Gasteiger charge is 2.20. The molecule has 0 aliphatic carbocycles. The number of likely N-dealkylation sites (tertiary alicyclic amines) is 1. The van der Waals surface area contributed by atoms with Gasteiger partial charge in [0.25, 0.3) is 0 Å². The molecule has 2 unspecified atom stereocenters. The summed E-state index contributed by atoms with van der Waals surface area (Å²) in [6.07, 6.45) is 4.01. The average molecular weight is 290 g/mol. The summed E-state index contributed by atoms with van der Waals surface area (Å²) < 4.78 is 5.56. The van der Waals surface area contributed by atoms with Gasteiger partial charge in [-0.3, -0.25) is 4.90 Å². The number of hydrogen-bond acceptors (Lipinski definition) is 3. The lowest BCUT2D eigenvalue weighted by atomic mass is 9.95. The summed E-state index contributed by atoms with van der Waals surface area (Å²) in [4.78, 5) is 2.59. The average Bonchev–Trinajstić information content (AvgIpc) is 2.54. The number of rotatable bonds is 6. The molecule has 0 saturated carbocycles. The van der Waals surface area contributed by atoms with Crippen molar-refractivity contribution in [1.29, 1.82) is 0 Å². The number of nitrogens with zero attached hydrogens (tertiary/aromatic N) is 1. The van der Waals surface area contributed by atoms with E-state index in [0.717, 1.165) is 18.2 Å². The molecule has 1 aromatic carbocycles. The number of benzene rings is 1. The molecule has 1 N–H and O–H groups in total. The van der Waals surface area contributed by atoms with Crippen LogP contribution in [0.3, 0.4) is 0 Å². The summed E-state index contributed by atoms with van der Waals surface area (Å²) in [5, 5.41) is 3.31. The molecule has 0 aromatic heterocycles. The SMILES string of the molecule is CCC1CCCN(Cc2cc(C(C)NC)ccc2OC)C1. The third-order valence-corrected chi connectivity index (χ3v) is 4.81. The van der Waals surface area contributed by atoms with Crippen molar-refractivity contribution in [3.8, 4) is 5.75 Å². The fourth-order valence-electron chi connectivity index (χ4n) is 3.23. The largest absolute Gasteiger partial charge is 0.496 e. The van der Waals surface area contributed by atoms with Crippen LogP contribution in [0, 0.1) is 5.92 Å². The second-order valence-electron chi connectivity index (χ2n) is 6.23. The van der Waals surface area contributed by atoms with Gasteiger partial charge in [0.2, 0.25) is 0 Å². The van der Waals surface area contributed by atoms with E-state index in [1.807, 2.05) is 7.05 Å². The number of nitrogens with one attached hydrogen (secondary N) is 1. The van der Waals surface area contributed by atoms with Crippen molar-refractivity contribution in [2.45, 2.75) is 45.7 Å². The Morgan fingerprint density at radius 3 is 2.90 bits per heavy atom. The predicted octanol–water partition coefficient (Wildman–Crippen LogP) is 3.60. The fourth-order valence-corrected chi connectivity index (χ4v) is 3.23. The molecular weight excluding hydrogens is 260 g/mol. The van der Waals surface area contributed by atoms with Crippen LogP contribution in [-0.4, -0.2) is 32.1 Å². The van der Waals surface area contributed by atoms with Gasteiger partial charge in [-0.05, 0) is 57.0 Å². The fraction of sp³-hybridized carbons (Fsp3) is 0.667. The zero-order valence-corrected chi connectivity index (χ0v) is 14.0. The Kier molecular flexibility index (Phi) is 6.07. The minimum Gasteiger partial charge on any atom is -0.496 e. The Morgan fingerprint density at radius 1 is 1.43 bits per heavy atom. The van der Waals surface area contributed by atoms with Crippen LogP contribution in [0.5, 0.6) is 5.75 Å². The molecule has 2 atom stereocenters. The lowest BCUT2D eigenvalue weighted by Crippen LogP contribution is -2.34. The molecule has 118 valence electrons. The van der Waals surface area contributed by atoms with Gasteiger partial charge >= 0.3 is 0 Å². The van der Waals surface area contributed by atoms with Crippen LogP contribution in [0.4, 0.5) is 0 Å². The first-order chi connectivity index (χ1) is 10.2. The Labute approximate surface area is 129 Å². The van der Waals surface area contributed by atoms with E-state index in [9.17, 15) is 0 Å². The molecule has 0 amide bonds. The van der Waals surface area contributed by atoms with Gasteiger partial charge in [0.1, 0.15) is 5.75 Å². The lowest BCUT2D eigenvalue weighted by Gasteiger charge is -2.32. The Morgan fingerprint density at radius 2 is 2.24 bits per heavy atom. The van der Waals surface area contributed by atoms with E-state index in [-0.39, 0.29) is 0 Å². The van der Waals surface area contributed by atoms with Crippen molar-refractivity contribution in [2.75, 3.05) is 27.2 Å². The van der Waals surface area contributed by atoms with Crippen molar-refractivity contribution in [3.63, 3.8) is 0 Å². The van der Waals surface area contributed by atoms with Crippen LogP contribution in [0.1, 0.15) is 50.3 Å². The van der Waals surface area contributed by atoms with Crippen molar-refractivity contribution < 1.29 is 4.74 Å². The normalized spacial score (nSPS) is 21.2. The zero-order valence-electron chi connectivity index (χ0n) is 14.0. The summed E-state index contributed by atoms with van der Waals surface area (Å²) in [6, 6.07) is 6.95. The molecule has 1 aliphatic rings. The molecule has 21 heavy (non-hydrogen) atoms. The molecule has 0 spiro atoms. The van der Waals surface area contributed by atoms with E-state index in [4.69, 9.17) is 4.74 Å².